The number of Topliss-reactive ketones (excluding diaryl/α,β-unsaturated/α-hetero) is 1. The molecule has 0 aliphatic heterocycles. The zero-order valence-corrected chi connectivity index (χ0v) is 10.8. The third-order valence-corrected chi connectivity index (χ3v) is 3.11. The number of benzene rings is 1. The van der Waals surface area contributed by atoms with Gasteiger partial charge in [-0.2, -0.15) is 0 Å². The molecule has 1 atom stereocenters. The number of aliphatic hydroxyl groups is 1. The number of ketones is 1. The Morgan fingerprint density at radius 1 is 1.44 bits per heavy atom. The SMILES string of the molecule is CC(=O)Cc1cc(C(O)C(=O)O)ccc1I. The Labute approximate surface area is 106 Å². The van der Waals surface area contributed by atoms with Crippen molar-refractivity contribution < 1.29 is 19.8 Å². The van der Waals surface area contributed by atoms with Gasteiger partial charge in [0.2, 0.25) is 0 Å². The Bertz CT molecular complexity index is 428. The van der Waals surface area contributed by atoms with E-state index in [0.717, 1.165) is 9.13 Å². The molecule has 2 N–H and O–H groups in total. The van der Waals surface area contributed by atoms with Crippen molar-refractivity contribution in [3.05, 3.63) is 32.9 Å². The highest BCUT2D eigenvalue weighted by Crippen LogP contribution is 2.20. The van der Waals surface area contributed by atoms with E-state index >= 15 is 0 Å². The molecule has 0 aliphatic carbocycles. The van der Waals surface area contributed by atoms with Crippen molar-refractivity contribution >= 4 is 34.3 Å². The van der Waals surface area contributed by atoms with Crippen molar-refractivity contribution in [3.63, 3.8) is 0 Å². The van der Waals surface area contributed by atoms with Crippen LogP contribution in [-0.2, 0) is 16.0 Å². The van der Waals surface area contributed by atoms with E-state index in [-0.39, 0.29) is 12.2 Å². The number of carboxylic acids is 1. The van der Waals surface area contributed by atoms with Crippen LogP contribution in [0, 0.1) is 3.57 Å². The van der Waals surface area contributed by atoms with Crippen LogP contribution in [0.4, 0.5) is 0 Å². The van der Waals surface area contributed by atoms with Crippen molar-refractivity contribution in [2.45, 2.75) is 19.4 Å². The summed E-state index contributed by atoms with van der Waals surface area (Å²) in [6.45, 7) is 1.47. The van der Waals surface area contributed by atoms with E-state index in [2.05, 4.69) is 22.6 Å². The molecular formula is C11H11IO4. The van der Waals surface area contributed by atoms with E-state index in [1.807, 2.05) is 0 Å². The Morgan fingerprint density at radius 2 is 2.06 bits per heavy atom. The normalized spacial score (nSPS) is 12.2. The second kappa shape index (κ2) is 5.40. The van der Waals surface area contributed by atoms with Gasteiger partial charge in [0.15, 0.2) is 6.10 Å². The van der Waals surface area contributed by atoms with Crippen molar-refractivity contribution in [2.75, 3.05) is 0 Å². The second-order valence-electron chi connectivity index (χ2n) is 3.47. The summed E-state index contributed by atoms with van der Waals surface area (Å²) in [5.41, 5.74) is 1.04. The van der Waals surface area contributed by atoms with Crippen LogP contribution in [-0.4, -0.2) is 22.0 Å². The molecule has 1 unspecified atom stereocenters. The number of aliphatic carboxylic acids is 1. The van der Waals surface area contributed by atoms with Crippen LogP contribution >= 0.6 is 22.6 Å². The minimum absolute atomic E-state index is 0.000110. The molecule has 1 aromatic carbocycles. The summed E-state index contributed by atoms with van der Waals surface area (Å²) < 4.78 is 0.883. The Balaban J connectivity index is 3.06. The monoisotopic (exact) mass is 334 g/mol. The van der Waals surface area contributed by atoms with Gasteiger partial charge in [0.05, 0.1) is 0 Å². The first-order valence-corrected chi connectivity index (χ1v) is 5.68. The van der Waals surface area contributed by atoms with Gasteiger partial charge in [-0.1, -0.05) is 12.1 Å². The number of rotatable bonds is 4. The molecule has 5 heteroatoms. The Morgan fingerprint density at radius 3 is 2.56 bits per heavy atom. The van der Waals surface area contributed by atoms with Crippen LogP contribution in [0.25, 0.3) is 0 Å². The summed E-state index contributed by atoms with van der Waals surface area (Å²) in [5, 5.41) is 18.0. The molecule has 0 spiro atoms. The van der Waals surface area contributed by atoms with E-state index in [4.69, 9.17) is 5.11 Å². The zero-order valence-electron chi connectivity index (χ0n) is 8.61. The first kappa shape index (κ1) is 13.1. The molecule has 0 aromatic heterocycles. The van der Waals surface area contributed by atoms with E-state index in [1.54, 1.807) is 18.2 Å². The average Bonchev–Trinajstić information content (AvgIpc) is 2.19. The number of hydrogen-bond donors (Lipinski definition) is 2. The molecule has 0 fully saturated rings. The first-order chi connectivity index (χ1) is 7.41. The van der Waals surface area contributed by atoms with Crippen LogP contribution < -0.4 is 0 Å². The van der Waals surface area contributed by atoms with Gasteiger partial charge < -0.3 is 10.2 Å². The molecule has 0 radical (unpaired) electrons. The zero-order chi connectivity index (χ0) is 12.3. The van der Waals surface area contributed by atoms with E-state index in [0.29, 0.717) is 5.56 Å². The summed E-state index contributed by atoms with van der Waals surface area (Å²) in [7, 11) is 0. The van der Waals surface area contributed by atoms with Gasteiger partial charge in [0.1, 0.15) is 5.78 Å². The third-order valence-electron chi connectivity index (χ3n) is 2.06. The fourth-order valence-corrected chi connectivity index (χ4v) is 1.84. The molecule has 0 saturated carbocycles. The lowest BCUT2D eigenvalue weighted by molar-refractivity contribution is -0.146. The van der Waals surface area contributed by atoms with Crippen molar-refractivity contribution in [1.82, 2.24) is 0 Å². The van der Waals surface area contributed by atoms with Gasteiger partial charge in [0.25, 0.3) is 0 Å². The molecular weight excluding hydrogens is 323 g/mol. The molecule has 4 nitrogen and oxygen atoms in total. The van der Waals surface area contributed by atoms with Crippen LogP contribution in [0.15, 0.2) is 18.2 Å². The lowest BCUT2D eigenvalue weighted by Crippen LogP contribution is -2.11. The van der Waals surface area contributed by atoms with E-state index in [9.17, 15) is 14.7 Å². The standard InChI is InChI=1S/C11H11IO4/c1-6(13)4-8-5-7(2-3-9(8)12)10(14)11(15)16/h2-3,5,10,14H,4H2,1H3,(H,15,16). The highest BCUT2D eigenvalue weighted by molar-refractivity contribution is 14.1. The van der Waals surface area contributed by atoms with E-state index < -0.39 is 12.1 Å². The molecule has 0 saturated heterocycles. The van der Waals surface area contributed by atoms with Gasteiger partial charge in [0, 0.05) is 9.99 Å². The number of aliphatic hydroxyl groups excluding tert-OH is 1. The highest BCUT2D eigenvalue weighted by atomic mass is 127. The maximum Gasteiger partial charge on any atom is 0.337 e. The number of hydrogen-bond acceptors (Lipinski definition) is 3. The lowest BCUT2D eigenvalue weighted by atomic mass is 10.0. The van der Waals surface area contributed by atoms with E-state index in [1.165, 1.54) is 6.92 Å². The highest BCUT2D eigenvalue weighted by Gasteiger charge is 2.17. The van der Waals surface area contributed by atoms with Crippen molar-refractivity contribution in [2.24, 2.45) is 0 Å². The molecule has 16 heavy (non-hydrogen) atoms. The van der Waals surface area contributed by atoms with Crippen LogP contribution in [0.5, 0.6) is 0 Å². The number of carbonyl (C=O) groups excluding carboxylic acids is 1. The van der Waals surface area contributed by atoms with Crippen molar-refractivity contribution in [1.29, 1.82) is 0 Å². The first-order valence-electron chi connectivity index (χ1n) is 4.60. The number of carboxylic acid groups (broad SMARTS) is 1. The molecule has 0 bridgehead atoms. The summed E-state index contributed by atoms with van der Waals surface area (Å²) in [6.07, 6.45) is -1.29. The lowest BCUT2D eigenvalue weighted by Gasteiger charge is -2.09. The third kappa shape index (κ3) is 3.28. The van der Waals surface area contributed by atoms with Gasteiger partial charge >= 0.3 is 5.97 Å². The van der Waals surface area contributed by atoms with Gasteiger partial charge in [-0.3, -0.25) is 4.79 Å². The fourth-order valence-electron chi connectivity index (χ4n) is 1.31. The molecule has 0 amide bonds. The topological polar surface area (TPSA) is 74.6 Å². The average molecular weight is 334 g/mol. The minimum atomic E-state index is -1.54. The summed E-state index contributed by atoms with van der Waals surface area (Å²) >= 11 is 2.07. The smallest absolute Gasteiger partial charge is 0.337 e. The minimum Gasteiger partial charge on any atom is -0.479 e. The van der Waals surface area contributed by atoms with Crippen LogP contribution in [0.3, 0.4) is 0 Å². The van der Waals surface area contributed by atoms with Crippen LogP contribution in [0.2, 0.25) is 0 Å². The van der Waals surface area contributed by atoms with Gasteiger partial charge in [-0.05, 0) is 46.7 Å². The van der Waals surface area contributed by atoms with Crippen molar-refractivity contribution in [3.8, 4) is 0 Å². The van der Waals surface area contributed by atoms with Gasteiger partial charge in [-0.25, -0.2) is 4.79 Å². The Kier molecular flexibility index (Phi) is 4.43. The molecule has 0 heterocycles. The molecule has 1 rings (SSSR count). The fraction of sp³-hybridized carbons (Fsp3) is 0.273. The van der Waals surface area contributed by atoms with Gasteiger partial charge in [-0.15, -0.1) is 0 Å². The van der Waals surface area contributed by atoms with Crippen LogP contribution in [0.1, 0.15) is 24.2 Å². The number of carbonyl (C=O) groups is 2. The Hall–Kier alpha value is -0.950. The predicted molar refractivity (Wildman–Crippen MR) is 66.1 cm³/mol. The largest absolute Gasteiger partial charge is 0.479 e. The summed E-state index contributed by atoms with van der Waals surface area (Å²) in [4.78, 5) is 21.6. The molecule has 1 aromatic rings. The maximum absolute atomic E-state index is 11.0. The molecule has 0 aliphatic rings. The summed E-state index contributed by atoms with van der Waals surface area (Å²) in [5.74, 6) is -1.30. The molecule has 86 valence electrons. The predicted octanol–water partition coefficient (Wildman–Crippen LogP) is 1.54. The quantitative estimate of drug-likeness (QED) is 0.819. The maximum atomic E-state index is 11.0. The number of halogens is 1. The summed E-state index contributed by atoms with van der Waals surface area (Å²) in [6, 6.07) is 4.80. The second-order valence-corrected chi connectivity index (χ2v) is 4.63.